The molecular formula is C12H18N2O3. The second-order valence-corrected chi connectivity index (χ2v) is 4.21. The molecule has 0 spiro atoms. The molecule has 0 unspecified atom stereocenters. The summed E-state index contributed by atoms with van der Waals surface area (Å²) in [6, 6.07) is 1.56. The van der Waals surface area contributed by atoms with Gasteiger partial charge >= 0.3 is 0 Å². The molecule has 0 aliphatic heterocycles. The summed E-state index contributed by atoms with van der Waals surface area (Å²) >= 11 is 0. The quantitative estimate of drug-likeness (QED) is 0.841. The molecule has 17 heavy (non-hydrogen) atoms. The van der Waals surface area contributed by atoms with Gasteiger partial charge in [0.15, 0.2) is 5.88 Å². The summed E-state index contributed by atoms with van der Waals surface area (Å²) in [5, 5.41) is 9.71. The van der Waals surface area contributed by atoms with Crippen LogP contribution < -0.4 is 5.56 Å². The monoisotopic (exact) mass is 238 g/mol. The third kappa shape index (κ3) is 2.87. The Balaban J connectivity index is 2.96. The van der Waals surface area contributed by atoms with E-state index in [1.54, 1.807) is 27.0 Å². The Labute approximate surface area is 100 Å². The molecule has 0 radical (unpaired) electrons. The van der Waals surface area contributed by atoms with Crippen LogP contribution >= 0.6 is 0 Å². The fraction of sp³-hybridized carbons (Fsp3) is 0.500. The average Bonchev–Trinajstić information content (AvgIpc) is 2.25. The molecular weight excluding hydrogens is 220 g/mol. The zero-order valence-electron chi connectivity index (χ0n) is 10.6. The van der Waals surface area contributed by atoms with Crippen LogP contribution in [-0.4, -0.2) is 34.1 Å². The van der Waals surface area contributed by atoms with Gasteiger partial charge in [-0.3, -0.25) is 14.2 Å². The molecule has 1 N–H and O–H groups in total. The van der Waals surface area contributed by atoms with E-state index in [1.807, 2.05) is 0 Å². The van der Waals surface area contributed by atoms with Gasteiger partial charge in [0.1, 0.15) is 0 Å². The van der Waals surface area contributed by atoms with Crippen LogP contribution in [0, 0.1) is 13.8 Å². The van der Waals surface area contributed by atoms with Crippen LogP contribution in [0.4, 0.5) is 0 Å². The van der Waals surface area contributed by atoms with E-state index in [1.165, 1.54) is 16.4 Å². The highest BCUT2D eigenvalue weighted by molar-refractivity contribution is 5.72. The zero-order chi connectivity index (χ0) is 13.2. The smallest absolute Gasteiger partial charge is 0.256 e. The summed E-state index contributed by atoms with van der Waals surface area (Å²) in [4.78, 5) is 24.4. The van der Waals surface area contributed by atoms with Crippen LogP contribution in [-0.2, 0) is 11.3 Å². The van der Waals surface area contributed by atoms with Gasteiger partial charge in [-0.2, -0.15) is 0 Å². The van der Waals surface area contributed by atoms with E-state index in [4.69, 9.17) is 0 Å². The van der Waals surface area contributed by atoms with Crippen molar-refractivity contribution in [1.29, 1.82) is 0 Å². The van der Waals surface area contributed by atoms with Crippen molar-refractivity contribution in [3.63, 3.8) is 0 Å². The molecule has 94 valence electrons. The van der Waals surface area contributed by atoms with Gasteiger partial charge < -0.3 is 10.0 Å². The summed E-state index contributed by atoms with van der Waals surface area (Å²) in [6.07, 6.45) is 0. The van der Waals surface area contributed by atoms with E-state index in [9.17, 15) is 14.7 Å². The van der Waals surface area contributed by atoms with Crippen LogP contribution in [0.5, 0.6) is 5.88 Å². The minimum absolute atomic E-state index is 0.0601. The first kappa shape index (κ1) is 13.3. The van der Waals surface area contributed by atoms with E-state index in [2.05, 4.69) is 0 Å². The molecule has 0 atom stereocenters. The molecule has 0 fully saturated rings. The van der Waals surface area contributed by atoms with E-state index in [0.717, 1.165) is 5.56 Å². The van der Waals surface area contributed by atoms with Crippen molar-refractivity contribution in [2.24, 2.45) is 0 Å². The fourth-order valence-corrected chi connectivity index (χ4v) is 1.48. The Morgan fingerprint density at radius 3 is 2.59 bits per heavy atom. The molecule has 0 saturated heterocycles. The lowest BCUT2D eigenvalue weighted by atomic mass is 10.2. The maximum Gasteiger partial charge on any atom is 0.256 e. The Morgan fingerprint density at radius 1 is 1.47 bits per heavy atom. The van der Waals surface area contributed by atoms with Crippen LogP contribution in [0.25, 0.3) is 0 Å². The number of hydrogen-bond donors (Lipinski definition) is 1. The zero-order valence-corrected chi connectivity index (χ0v) is 10.6. The third-order valence-electron chi connectivity index (χ3n) is 2.98. The summed E-state index contributed by atoms with van der Waals surface area (Å²) < 4.78 is 1.28. The van der Waals surface area contributed by atoms with Crippen molar-refractivity contribution in [3.8, 4) is 5.88 Å². The molecule has 5 heteroatoms. The van der Waals surface area contributed by atoms with Crippen LogP contribution in [0.2, 0.25) is 0 Å². The molecule has 0 saturated carbocycles. The molecule has 1 aromatic rings. The van der Waals surface area contributed by atoms with Gasteiger partial charge in [0, 0.05) is 38.7 Å². The number of aromatic nitrogens is 1. The maximum atomic E-state index is 11.9. The topological polar surface area (TPSA) is 62.5 Å². The first-order valence-electron chi connectivity index (χ1n) is 5.46. The van der Waals surface area contributed by atoms with Gasteiger partial charge in [-0.05, 0) is 19.4 Å². The first-order valence-corrected chi connectivity index (χ1v) is 5.46. The van der Waals surface area contributed by atoms with Gasteiger partial charge in [0.2, 0.25) is 5.91 Å². The number of hydrogen-bond acceptors (Lipinski definition) is 3. The highest BCUT2D eigenvalue weighted by atomic mass is 16.3. The normalized spacial score (nSPS) is 10.4. The number of nitrogens with zero attached hydrogens (tertiary/aromatic N) is 2. The van der Waals surface area contributed by atoms with Crippen molar-refractivity contribution >= 4 is 5.91 Å². The lowest BCUT2D eigenvalue weighted by molar-refractivity contribution is -0.127. The predicted octanol–water partition coefficient (Wildman–Crippen LogP) is 0.649. The number of carbonyl (C=O) groups is 1. The molecule has 5 nitrogen and oxygen atoms in total. The number of aryl methyl sites for hydroxylation is 1. The van der Waals surface area contributed by atoms with Gasteiger partial charge in [-0.25, -0.2) is 0 Å². The number of likely N-dealkylation sites (N-methyl/N-ethyl adjacent to an activating group) is 1. The molecule has 0 aliphatic rings. The molecule has 0 aromatic carbocycles. The number of carbonyl (C=O) groups excluding carboxylic acids is 1. The summed E-state index contributed by atoms with van der Waals surface area (Å²) in [6.45, 7) is 5.65. The van der Waals surface area contributed by atoms with Gasteiger partial charge in [0.05, 0.1) is 0 Å². The van der Waals surface area contributed by atoms with Gasteiger partial charge in [0.25, 0.3) is 5.56 Å². The molecule has 1 aromatic heterocycles. The SMILES string of the molecule is CC(=O)N(C)CCn1c(O)cc(C)c(C)c1=O. The first-order chi connectivity index (χ1) is 7.84. The molecule has 1 rings (SSSR count). The van der Waals surface area contributed by atoms with E-state index in [-0.39, 0.29) is 17.3 Å². The molecule has 1 heterocycles. The number of aromatic hydroxyl groups is 1. The highest BCUT2D eigenvalue weighted by Crippen LogP contribution is 2.11. The van der Waals surface area contributed by atoms with E-state index in [0.29, 0.717) is 18.7 Å². The lowest BCUT2D eigenvalue weighted by Crippen LogP contribution is -2.32. The van der Waals surface area contributed by atoms with Gasteiger partial charge in [-0.1, -0.05) is 0 Å². The molecule has 0 aliphatic carbocycles. The minimum Gasteiger partial charge on any atom is -0.494 e. The average molecular weight is 238 g/mol. The van der Waals surface area contributed by atoms with Crippen molar-refractivity contribution in [2.75, 3.05) is 13.6 Å². The predicted molar refractivity (Wildman–Crippen MR) is 65.2 cm³/mol. The van der Waals surface area contributed by atoms with Crippen LogP contribution in [0.15, 0.2) is 10.9 Å². The minimum atomic E-state index is -0.209. The van der Waals surface area contributed by atoms with Crippen molar-refractivity contribution in [3.05, 3.63) is 27.5 Å². The van der Waals surface area contributed by atoms with Crippen molar-refractivity contribution in [1.82, 2.24) is 9.47 Å². The van der Waals surface area contributed by atoms with Gasteiger partial charge in [-0.15, -0.1) is 0 Å². The van der Waals surface area contributed by atoms with E-state index < -0.39 is 0 Å². The van der Waals surface area contributed by atoms with Crippen molar-refractivity contribution < 1.29 is 9.90 Å². The standard InChI is InChI=1S/C12H18N2O3/c1-8-7-11(16)14(12(17)9(8)2)6-5-13(4)10(3)15/h7,16H,5-6H2,1-4H3. The van der Waals surface area contributed by atoms with Crippen LogP contribution in [0.1, 0.15) is 18.1 Å². The Hall–Kier alpha value is -1.78. The Bertz CT molecular complexity index is 491. The number of amides is 1. The largest absolute Gasteiger partial charge is 0.494 e. The van der Waals surface area contributed by atoms with Crippen molar-refractivity contribution in [2.45, 2.75) is 27.3 Å². The summed E-state index contributed by atoms with van der Waals surface area (Å²) in [5.41, 5.74) is 1.18. The third-order valence-corrected chi connectivity index (χ3v) is 2.98. The second-order valence-electron chi connectivity index (χ2n) is 4.21. The molecule has 1 amide bonds. The molecule has 0 bridgehead atoms. The number of rotatable bonds is 3. The maximum absolute atomic E-state index is 11.9. The Kier molecular flexibility index (Phi) is 3.93. The second kappa shape index (κ2) is 5.03. The summed E-state index contributed by atoms with van der Waals surface area (Å²) in [5.74, 6) is -0.128. The summed E-state index contributed by atoms with van der Waals surface area (Å²) in [7, 11) is 1.66. The Morgan fingerprint density at radius 2 is 2.06 bits per heavy atom. The number of pyridine rings is 1. The van der Waals surface area contributed by atoms with Crippen LogP contribution in [0.3, 0.4) is 0 Å². The fourth-order valence-electron chi connectivity index (χ4n) is 1.48. The van der Waals surface area contributed by atoms with E-state index >= 15 is 0 Å². The highest BCUT2D eigenvalue weighted by Gasteiger charge is 2.10. The lowest BCUT2D eigenvalue weighted by Gasteiger charge is -2.17.